The normalized spacial score (nSPS) is 10.5. The molecule has 3 heterocycles. The highest BCUT2D eigenvalue weighted by molar-refractivity contribution is 5.43. The maximum atomic E-state index is 10.7. The van der Waals surface area contributed by atoms with Crippen molar-refractivity contribution < 1.29 is 9.85 Å². The molecule has 0 aliphatic carbocycles. The van der Waals surface area contributed by atoms with Gasteiger partial charge in [-0.15, -0.1) is 0 Å². The van der Waals surface area contributed by atoms with Gasteiger partial charge in [-0.25, -0.2) is 9.97 Å². The lowest BCUT2D eigenvalue weighted by atomic mass is 10.5. The maximum absolute atomic E-state index is 10.7. The Morgan fingerprint density at radius 2 is 1.18 bits per heavy atom. The molecule has 22 heavy (non-hydrogen) atoms. The van der Waals surface area contributed by atoms with E-state index in [9.17, 15) is 20.2 Å². The van der Waals surface area contributed by atoms with Crippen molar-refractivity contribution in [3.8, 4) is 11.6 Å². The fourth-order valence-electron chi connectivity index (χ4n) is 1.73. The molecular weight excluding hydrogens is 296 g/mol. The summed E-state index contributed by atoms with van der Waals surface area (Å²) in [5.74, 6) is -0.271. The van der Waals surface area contributed by atoms with Gasteiger partial charge in [0.15, 0.2) is 11.6 Å². The first-order valence-corrected chi connectivity index (χ1v) is 5.75. The fraction of sp³-hybridized carbons (Fsp3) is 0. The second-order valence-electron chi connectivity index (χ2n) is 4.00. The first-order chi connectivity index (χ1) is 10.6. The van der Waals surface area contributed by atoms with E-state index in [1.165, 1.54) is 46.6 Å². The first kappa shape index (κ1) is 13.3. The van der Waals surface area contributed by atoms with Crippen molar-refractivity contribution in [1.82, 2.24) is 29.1 Å². The van der Waals surface area contributed by atoms with Crippen molar-refractivity contribution >= 4 is 11.6 Å². The minimum atomic E-state index is -0.644. The van der Waals surface area contributed by atoms with Gasteiger partial charge < -0.3 is 20.2 Å². The summed E-state index contributed by atoms with van der Waals surface area (Å²) < 4.78 is 2.60. The Kier molecular flexibility index (Phi) is 3.02. The molecular formula is C10H6N8O4. The minimum Gasteiger partial charge on any atom is -0.358 e. The van der Waals surface area contributed by atoms with Gasteiger partial charge in [0, 0.05) is 12.4 Å². The Hall–Kier alpha value is -3.70. The topological polar surface area (TPSA) is 148 Å². The third kappa shape index (κ3) is 2.24. The molecule has 0 spiro atoms. The quantitative estimate of drug-likeness (QED) is 0.504. The lowest BCUT2D eigenvalue weighted by molar-refractivity contribution is -0.389. The van der Waals surface area contributed by atoms with E-state index >= 15 is 0 Å². The van der Waals surface area contributed by atoms with Gasteiger partial charge in [-0.2, -0.15) is 0 Å². The second kappa shape index (κ2) is 5.01. The van der Waals surface area contributed by atoms with Crippen LogP contribution < -0.4 is 0 Å². The second-order valence-corrected chi connectivity index (χ2v) is 4.00. The fourth-order valence-corrected chi connectivity index (χ4v) is 1.73. The summed E-state index contributed by atoms with van der Waals surface area (Å²) in [6.07, 6.45) is 7.51. The molecule has 3 rings (SSSR count). The molecule has 12 nitrogen and oxygen atoms in total. The molecule has 3 aromatic heterocycles. The number of nitro groups is 2. The Labute approximate surface area is 121 Å². The summed E-state index contributed by atoms with van der Waals surface area (Å²) in [7, 11) is 0. The van der Waals surface area contributed by atoms with Crippen molar-refractivity contribution in [3.63, 3.8) is 0 Å². The van der Waals surface area contributed by atoms with E-state index in [0.717, 1.165) is 0 Å². The van der Waals surface area contributed by atoms with Gasteiger partial charge in [-0.1, -0.05) is 0 Å². The molecule has 0 atom stereocenters. The Bertz CT molecular complexity index is 798. The number of aromatic nitrogens is 6. The highest BCUT2D eigenvalue weighted by atomic mass is 16.6. The molecule has 0 aromatic carbocycles. The number of hydrogen-bond acceptors (Lipinski definition) is 8. The standard InChI is InChI=1S/C10H6N8O4/c19-17(20)7-3-15(5-13-7)9-10(12-2-1-11-9)16-4-8(14-6-16)18(21)22/h1-6H. The third-order valence-electron chi connectivity index (χ3n) is 2.66. The monoisotopic (exact) mass is 302 g/mol. The third-order valence-corrected chi connectivity index (χ3v) is 2.66. The van der Waals surface area contributed by atoms with Crippen LogP contribution in [-0.4, -0.2) is 38.9 Å². The Balaban J connectivity index is 2.09. The zero-order valence-electron chi connectivity index (χ0n) is 10.7. The molecule has 0 fully saturated rings. The van der Waals surface area contributed by atoms with Gasteiger partial charge >= 0.3 is 11.6 Å². The van der Waals surface area contributed by atoms with Crippen molar-refractivity contribution in [1.29, 1.82) is 0 Å². The van der Waals surface area contributed by atoms with E-state index in [4.69, 9.17) is 0 Å². The van der Waals surface area contributed by atoms with Crippen LogP contribution in [0.25, 0.3) is 11.6 Å². The summed E-state index contributed by atoms with van der Waals surface area (Å²) in [5.41, 5.74) is 0. The molecule has 0 saturated heterocycles. The van der Waals surface area contributed by atoms with E-state index in [0.29, 0.717) is 0 Å². The van der Waals surface area contributed by atoms with Crippen LogP contribution in [0.4, 0.5) is 11.6 Å². The lowest BCUT2D eigenvalue weighted by Gasteiger charge is -2.05. The number of rotatable bonds is 4. The SMILES string of the molecule is O=[N+]([O-])c1cn(-c2nccnc2-n2cnc([N+](=O)[O-])c2)cn1. The smallest absolute Gasteiger partial charge is 0.358 e. The predicted octanol–water partition coefficient (Wildman–Crippen LogP) is 0.664. The molecule has 0 aliphatic rings. The molecule has 0 unspecified atom stereocenters. The van der Waals surface area contributed by atoms with Crippen LogP contribution in [0, 0.1) is 20.2 Å². The van der Waals surface area contributed by atoms with Crippen molar-refractivity contribution in [2.75, 3.05) is 0 Å². The van der Waals surface area contributed by atoms with Crippen molar-refractivity contribution in [2.24, 2.45) is 0 Å². The van der Waals surface area contributed by atoms with Gasteiger partial charge in [0.25, 0.3) is 0 Å². The number of hydrogen-bond donors (Lipinski definition) is 0. The first-order valence-electron chi connectivity index (χ1n) is 5.75. The van der Waals surface area contributed by atoms with Gasteiger partial charge in [0.1, 0.15) is 12.4 Å². The van der Waals surface area contributed by atoms with Gasteiger partial charge in [-0.3, -0.25) is 9.13 Å². The summed E-state index contributed by atoms with van der Waals surface area (Å²) in [6.45, 7) is 0. The molecule has 0 N–H and O–H groups in total. The highest BCUT2D eigenvalue weighted by Crippen LogP contribution is 2.18. The maximum Gasteiger partial charge on any atom is 0.381 e. The summed E-state index contributed by atoms with van der Waals surface area (Å²) in [6, 6.07) is 0. The van der Waals surface area contributed by atoms with E-state index in [1.54, 1.807) is 0 Å². The van der Waals surface area contributed by atoms with Crippen LogP contribution >= 0.6 is 0 Å². The zero-order chi connectivity index (χ0) is 15.7. The Morgan fingerprint density at radius 3 is 1.50 bits per heavy atom. The molecule has 0 bridgehead atoms. The van der Waals surface area contributed by atoms with E-state index in [2.05, 4.69) is 19.9 Å². The van der Waals surface area contributed by atoms with Crippen LogP contribution in [0.2, 0.25) is 0 Å². The Morgan fingerprint density at radius 1 is 0.773 bits per heavy atom. The van der Waals surface area contributed by atoms with Gasteiger partial charge in [-0.05, 0) is 19.8 Å². The van der Waals surface area contributed by atoms with Crippen LogP contribution in [-0.2, 0) is 0 Å². The van der Waals surface area contributed by atoms with Crippen LogP contribution in [0.5, 0.6) is 0 Å². The summed E-state index contributed by atoms with van der Waals surface area (Å²) in [5, 5.41) is 21.4. The minimum absolute atomic E-state index is 0.218. The van der Waals surface area contributed by atoms with Crippen molar-refractivity contribution in [3.05, 3.63) is 57.7 Å². The van der Waals surface area contributed by atoms with Gasteiger partial charge in [0.2, 0.25) is 12.7 Å². The van der Waals surface area contributed by atoms with Crippen LogP contribution in [0.3, 0.4) is 0 Å². The molecule has 12 heteroatoms. The average Bonchev–Trinajstić information content (AvgIpc) is 3.17. The highest BCUT2D eigenvalue weighted by Gasteiger charge is 2.18. The summed E-state index contributed by atoms with van der Waals surface area (Å²) in [4.78, 5) is 35.5. The largest absolute Gasteiger partial charge is 0.381 e. The molecule has 3 aromatic rings. The molecule has 0 radical (unpaired) electrons. The van der Waals surface area contributed by atoms with Crippen molar-refractivity contribution in [2.45, 2.75) is 0 Å². The molecule has 0 aliphatic heterocycles. The van der Waals surface area contributed by atoms with Crippen LogP contribution in [0.1, 0.15) is 0 Å². The van der Waals surface area contributed by atoms with E-state index in [-0.39, 0.29) is 23.3 Å². The average molecular weight is 302 g/mol. The predicted molar refractivity (Wildman–Crippen MR) is 69.6 cm³/mol. The lowest BCUT2D eigenvalue weighted by Crippen LogP contribution is -2.05. The summed E-state index contributed by atoms with van der Waals surface area (Å²) >= 11 is 0. The number of nitrogens with zero attached hydrogens (tertiary/aromatic N) is 8. The molecule has 0 amide bonds. The number of imidazole rings is 2. The van der Waals surface area contributed by atoms with E-state index < -0.39 is 9.85 Å². The van der Waals surface area contributed by atoms with E-state index in [1.807, 2.05) is 0 Å². The molecule has 110 valence electrons. The van der Waals surface area contributed by atoms with Gasteiger partial charge in [0.05, 0.1) is 0 Å². The zero-order valence-corrected chi connectivity index (χ0v) is 10.7. The molecule has 0 saturated carbocycles. The van der Waals surface area contributed by atoms with Crippen LogP contribution in [0.15, 0.2) is 37.4 Å².